The predicted octanol–water partition coefficient (Wildman–Crippen LogP) is 2.87. The third-order valence-corrected chi connectivity index (χ3v) is 4.29. The summed E-state index contributed by atoms with van der Waals surface area (Å²) in [4.78, 5) is 0. The minimum atomic E-state index is 0.455. The maximum absolute atomic E-state index is 5.62. The second-order valence-electron chi connectivity index (χ2n) is 4.98. The van der Waals surface area contributed by atoms with Crippen LogP contribution in [0.15, 0.2) is 12.2 Å². The van der Waals surface area contributed by atoms with Crippen LogP contribution in [0.5, 0.6) is 0 Å². The van der Waals surface area contributed by atoms with Crippen molar-refractivity contribution in [3.05, 3.63) is 12.2 Å². The molecule has 0 aromatic heterocycles. The van der Waals surface area contributed by atoms with E-state index in [1.807, 2.05) is 0 Å². The molecular weight excluding hydrogens is 160 g/mol. The van der Waals surface area contributed by atoms with E-state index < -0.39 is 0 Å². The molecule has 1 heterocycles. The number of ether oxygens (including phenoxy) is 1. The van der Waals surface area contributed by atoms with Crippen LogP contribution < -0.4 is 0 Å². The van der Waals surface area contributed by atoms with Gasteiger partial charge in [0.2, 0.25) is 0 Å². The van der Waals surface area contributed by atoms with Gasteiger partial charge in [0.15, 0.2) is 0 Å². The van der Waals surface area contributed by atoms with Gasteiger partial charge in [-0.15, -0.1) is 0 Å². The fourth-order valence-electron chi connectivity index (χ4n) is 2.88. The molecule has 13 heavy (non-hydrogen) atoms. The Balaban J connectivity index is 2.28. The van der Waals surface area contributed by atoms with Crippen molar-refractivity contribution < 1.29 is 4.74 Å². The van der Waals surface area contributed by atoms with E-state index in [0.717, 1.165) is 25.0 Å². The SMILES string of the molecule is CC(C)C1(C)C2C=CC1COCC2. The third-order valence-electron chi connectivity index (χ3n) is 4.29. The van der Waals surface area contributed by atoms with Crippen LogP contribution in [0.3, 0.4) is 0 Å². The summed E-state index contributed by atoms with van der Waals surface area (Å²) in [6.07, 6.45) is 6.01. The highest BCUT2D eigenvalue weighted by atomic mass is 16.5. The molecule has 0 N–H and O–H groups in total. The van der Waals surface area contributed by atoms with Crippen molar-refractivity contribution in [2.45, 2.75) is 27.2 Å². The van der Waals surface area contributed by atoms with Gasteiger partial charge >= 0.3 is 0 Å². The fraction of sp³-hybridized carbons (Fsp3) is 0.833. The Labute approximate surface area is 81.2 Å². The second kappa shape index (κ2) is 3.13. The van der Waals surface area contributed by atoms with Crippen molar-refractivity contribution in [3.63, 3.8) is 0 Å². The first-order chi connectivity index (χ1) is 6.15. The lowest BCUT2D eigenvalue weighted by Gasteiger charge is -2.39. The van der Waals surface area contributed by atoms with Crippen LogP contribution in [-0.4, -0.2) is 13.2 Å². The Hall–Kier alpha value is -0.300. The van der Waals surface area contributed by atoms with Crippen LogP contribution in [-0.2, 0) is 4.74 Å². The van der Waals surface area contributed by atoms with Crippen LogP contribution in [0, 0.1) is 23.2 Å². The van der Waals surface area contributed by atoms with Gasteiger partial charge in [0.25, 0.3) is 0 Å². The van der Waals surface area contributed by atoms with Crippen molar-refractivity contribution in [1.82, 2.24) is 0 Å². The van der Waals surface area contributed by atoms with Crippen molar-refractivity contribution >= 4 is 0 Å². The first-order valence-corrected chi connectivity index (χ1v) is 5.41. The molecule has 0 amide bonds. The van der Waals surface area contributed by atoms with Crippen LogP contribution in [0.1, 0.15) is 27.2 Å². The Morgan fingerprint density at radius 1 is 1.31 bits per heavy atom. The summed E-state index contributed by atoms with van der Waals surface area (Å²) in [6.45, 7) is 9.01. The van der Waals surface area contributed by atoms with E-state index in [0.29, 0.717) is 11.3 Å². The zero-order valence-electron chi connectivity index (χ0n) is 8.92. The quantitative estimate of drug-likeness (QED) is 0.564. The molecule has 0 radical (unpaired) electrons. The Bertz CT molecular complexity index is 201. The van der Waals surface area contributed by atoms with Crippen molar-refractivity contribution in [2.75, 3.05) is 13.2 Å². The lowest BCUT2D eigenvalue weighted by atomic mass is 9.65. The van der Waals surface area contributed by atoms with E-state index in [9.17, 15) is 0 Å². The molecular formula is C12H20O. The smallest absolute Gasteiger partial charge is 0.0534 e. The highest BCUT2D eigenvalue weighted by molar-refractivity contribution is 5.14. The van der Waals surface area contributed by atoms with E-state index in [1.54, 1.807) is 0 Å². The molecule has 1 saturated heterocycles. The number of fused-ring (bicyclic) bond motifs is 2. The molecule has 0 aromatic rings. The Kier molecular flexibility index (Phi) is 2.23. The molecule has 2 aliphatic rings. The first-order valence-electron chi connectivity index (χ1n) is 5.41. The molecule has 0 spiro atoms. The minimum Gasteiger partial charge on any atom is -0.381 e. The lowest BCUT2D eigenvalue weighted by Crippen LogP contribution is -2.35. The van der Waals surface area contributed by atoms with Gasteiger partial charge in [0, 0.05) is 12.5 Å². The summed E-state index contributed by atoms with van der Waals surface area (Å²) < 4.78 is 5.62. The van der Waals surface area contributed by atoms with E-state index in [2.05, 4.69) is 32.9 Å². The molecule has 1 heteroatoms. The van der Waals surface area contributed by atoms with Gasteiger partial charge in [-0.25, -0.2) is 0 Å². The maximum Gasteiger partial charge on any atom is 0.0534 e. The molecule has 3 unspecified atom stereocenters. The molecule has 1 aliphatic heterocycles. The maximum atomic E-state index is 5.62. The van der Waals surface area contributed by atoms with E-state index in [1.165, 1.54) is 6.42 Å². The summed E-state index contributed by atoms with van der Waals surface area (Å²) in [6, 6.07) is 0. The van der Waals surface area contributed by atoms with Gasteiger partial charge in [-0.2, -0.15) is 0 Å². The van der Waals surface area contributed by atoms with Crippen molar-refractivity contribution in [2.24, 2.45) is 23.2 Å². The third kappa shape index (κ3) is 1.25. The van der Waals surface area contributed by atoms with Crippen molar-refractivity contribution in [1.29, 1.82) is 0 Å². The number of hydrogen-bond donors (Lipinski definition) is 0. The summed E-state index contributed by atoms with van der Waals surface area (Å²) in [5.41, 5.74) is 0.455. The van der Waals surface area contributed by atoms with Gasteiger partial charge in [-0.1, -0.05) is 32.9 Å². The van der Waals surface area contributed by atoms with E-state index in [4.69, 9.17) is 4.74 Å². The molecule has 0 aromatic carbocycles. The molecule has 2 bridgehead atoms. The molecule has 2 rings (SSSR count). The zero-order chi connectivity index (χ0) is 9.47. The number of hydrogen-bond acceptors (Lipinski definition) is 1. The van der Waals surface area contributed by atoms with Gasteiger partial charge in [0.05, 0.1) is 6.61 Å². The Morgan fingerprint density at radius 2 is 2.00 bits per heavy atom. The Morgan fingerprint density at radius 3 is 2.69 bits per heavy atom. The monoisotopic (exact) mass is 180 g/mol. The average Bonchev–Trinajstić information content (AvgIpc) is 2.22. The number of allylic oxidation sites excluding steroid dienone is 1. The summed E-state index contributed by atoms with van der Waals surface area (Å²) in [5, 5.41) is 0. The normalized spacial score (nSPS) is 44.0. The molecule has 74 valence electrons. The van der Waals surface area contributed by atoms with Crippen LogP contribution >= 0.6 is 0 Å². The molecule has 0 saturated carbocycles. The van der Waals surface area contributed by atoms with Gasteiger partial charge in [0.1, 0.15) is 0 Å². The molecule has 1 nitrogen and oxygen atoms in total. The lowest BCUT2D eigenvalue weighted by molar-refractivity contribution is 0.0738. The largest absolute Gasteiger partial charge is 0.381 e. The van der Waals surface area contributed by atoms with Crippen molar-refractivity contribution in [3.8, 4) is 0 Å². The van der Waals surface area contributed by atoms with Crippen LogP contribution in [0.2, 0.25) is 0 Å². The zero-order valence-corrected chi connectivity index (χ0v) is 8.92. The standard InChI is InChI=1S/C12H20O/c1-9(2)12(3)10-4-5-11(12)8-13-7-6-10/h4-5,9-11H,6-8H2,1-3H3. The summed E-state index contributed by atoms with van der Waals surface area (Å²) in [7, 11) is 0. The van der Waals surface area contributed by atoms with Crippen LogP contribution in [0.4, 0.5) is 0 Å². The highest BCUT2D eigenvalue weighted by Gasteiger charge is 2.46. The minimum absolute atomic E-state index is 0.455. The molecule has 3 atom stereocenters. The second-order valence-corrected chi connectivity index (χ2v) is 4.98. The fourth-order valence-corrected chi connectivity index (χ4v) is 2.88. The van der Waals surface area contributed by atoms with Crippen LogP contribution in [0.25, 0.3) is 0 Å². The summed E-state index contributed by atoms with van der Waals surface area (Å²) >= 11 is 0. The van der Waals surface area contributed by atoms with E-state index >= 15 is 0 Å². The van der Waals surface area contributed by atoms with E-state index in [-0.39, 0.29) is 0 Å². The topological polar surface area (TPSA) is 9.23 Å². The predicted molar refractivity (Wildman–Crippen MR) is 54.5 cm³/mol. The van der Waals surface area contributed by atoms with Gasteiger partial charge in [-0.3, -0.25) is 0 Å². The van der Waals surface area contributed by atoms with Gasteiger partial charge in [-0.05, 0) is 23.7 Å². The average molecular weight is 180 g/mol. The highest BCUT2D eigenvalue weighted by Crippen LogP contribution is 2.51. The van der Waals surface area contributed by atoms with Gasteiger partial charge < -0.3 is 4.74 Å². The molecule has 1 fully saturated rings. The molecule has 1 aliphatic carbocycles. The summed E-state index contributed by atoms with van der Waals surface area (Å²) in [5.74, 6) is 2.15. The first kappa shape index (κ1) is 9.26. The number of rotatable bonds is 1.